The van der Waals surface area contributed by atoms with Gasteiger partial charge < -0.3 is 5.11 Å². The average Bonchev–Trinajstić information content (AvgIpc) is 2.61. The molecule has 2 atom stereocenters. The van der Waals surface area contributed by atoms with Gasteiger partial charge in [0.15, 0.2) is 0 Å². The van der Waals surface area contributed by atoms with Gasteiger partial charge in [0.25, 0.3) is 0 Å². The van der Waals surface area contributed by atoms with Crippen LogP contribution in [0.25, 0.3) is 0 Å². The highest BCUT2D eigenvalue weighted by atomic mass is 16.3. The Balaban J connectivity index is 1.72. The van der Waals surface area contributed by atoms with E-state index in [1.54, 1.807) is 0 Å². The Hall–Kier alpha value is -0.820. The van der Waals surface area contributed by atoms with E-state index in [9.17, 15) is 5.11 Å². The first-order chi connectivity index (χ1) is 10.1. The van der Waals surface area contributed by atoms with Gasteiger partial charge in [-0.1, -0.05) is 51.0 Å². The van der Waals surface area contributed by atoms with Crippen LogP contribution in [0.3, 0.4) is 0 Å². The summed E-state index contributed by atoms with van der Waals surface area (Å²) < 4.78 is 0. The van der Waals surface area contributed by atoms with E-state index in [4.69, 9.17) is 0 Å². The third-order valence-electron chi connectivity index (χ3n) is 6.06. The van der Waals surface area contributed by atoms with Crippen LogP contribution in [0.15, 0.2) is 24.3 Å². The summed E-state index contributed by atoms with van der Waals surface area (Å²) in [6, 6.07) is 8.93. The second-order valence-electron chi connectivity index (χ2n) is 7.72. The lowest BCUT2D eigenvalue weighted by atomic mass is 9.78. The molecule has 0 saturated heterocycles. The van der Waals surface area contributed by atoms with Crippen LogP contribution < -0.4 is 0 Å². The van der Waals surface area contributed by atoms with Crippen molar-refractivity contribution >= 4 is 0 Å². The van der Waals surface area contributed by atoms with Gasteiger partial charge in [0.2, 0.25) is 0 Å². The quantitative estimate of drug-likeness (QED) is 0.740. The van der Waals surface area contributed by atoms with Crippen molar-refractivity contribution in [3.05, 3.63) is 35.4 Å². The van der Waals surface area contributed by atoms with Gasteiger partial charge in [-0.15, -0.1) is 0 Å². The van der Waals surface area contributed by atoms with Crippen LogP contribution in [0, 0.1) is 11.8 Å². The van der Waals surface area contributed by atoms with Crippen molar-refractivity contribution < 1.29 is 5.11 Å². The Labute approximate surface area is 129 Å². The molecule has 3 rings (SSSR count). The Morgan fingerprint density at radius 2 is 1.67 bits per heavy atom. The van der Waals surface area contributed by atoms with Crippen molar-refractivity contribution in [3.8, 4) is 0 Å². The smallest absolute Gasteiger partial charge is 0.0896 e. The van der Waals surface area contributed by atoms with Crippen molar-refractivity contribution in [2.45, 2.75) is 76.7 Å². The number of rotatable bonds is 3. The molecule has 2 saturated carbocycles. The molecular formula is C20H30O. The Morgan fingerprint density at radius 1 is 0.952 bits per heavy atom. The van der Waals surface area contributed by atoms with Gasteiger partial charge in [-0.3, -0.25) is 0 Å². The molecule has 21 heavy (non-hydrogen) atoms. The Bertz CT molecular complexity index is 457. The van der Waals surface area contributed by atoms with Gasteiger partial charge in [0.05, 0.1) is 5.60 Å². The molecule has 0 aliphatic heterocycles. The van der Waals surface area contributed by atoms with Crippen LogP contribution >= 0.6 is 0 Å². The third kappa shape index (κ3) is 3.18. The summed E-state index contributed by atoms with van der Waals surface area (Å²) in [6.07, 6.45) is 9.53. The minimum absolute atomic E-state index is 0.582. The summed E-state index contributed by atoms with van der Waals surface area (Å²) in [7, 11) is 0. The normalized spacial score (nSPS) is 31.0. The summed E-state index contributed by atoms with van der Waals surface area (Å²) in [5.74, 6) is 2.31. The fourth-order valence-corrected chi connectivity index (χ4v) is 4.11. The first-order valence-corrected chi connectivity index (χ1v) is 8.91. The van der Waals surface area contributed by atoms with Crippen molar-refractivity contribution in [3.63, 3.8) is 0 Å². The second kappa shape index (κ2) is 6.12. The van der Waals surface area contributed by atoms with E-state index in [2.05, 4.69) is 38.1 Å². The van der Waals surface area contributed by atoms with Gasteiger partial charge >= 0.3 is 0 Å². The molecule has 0 aromatic heterocycles. The number of hydrogen-bond acceptors (Lipinski definition) is 1. The predicted molar refractivity (Wildman–Crippen MR) is 88.3 cm³/mol. The zero-order valence-corrected chi connectivity index (χ0v) is 13.6. The predicted octanol–water partition coefficient (Wildman–Crippen LogP) is 5.38. The van der Waals surface area contributed by atoms with E-state index in [1.165, 1.54) is 37.7 Å². The van der Waals surface area contributed by atoms with E-state index in [0.29, 0.717) is 0 Å². The summed E-state index contributed by atoms with van der Waals surface area (Å²) in [6.45, 7) is 4.64. The molecule has 2 aliphatic carbocycles. The summed E-state index contributed by atoms with van der Waals surface area (Å²) >= 11 is 0. The summed E-state index contributed by atoms with van der Waals surface area (Å²) in [5, 5.41) is 11.1. The second-order valence-corrected chi connectivity index (χ2v) is 7.72. The molecule has 0 heterocycles. The molecule has 0 radical (unpaired) electrons. The number of benzene rings is 1. The molecule has 1 aromatic rings. The molecule has 2 unspecified atom stereocenters. The van der Waals surface area contributed by atoms with E-state index in [0.717, 1.165) is 42.6 Å². The lowest BCUT2D eigenvalue weighted by Crippen LogP contribution is -2.25. The Kier molecular flexibility index (Phi) is 4.40. The molecule has 0 spiro atoms. The fourth-order valence-electron chi connectivity index (χ4n) is 4.11. The molecule has 2 fully saturated rings. The van der Waals surface area contributed by atoms with Crippen LogP contribution in [-0.2, 0) is 5.60 Å². The lowest BCUT2D eigenvalue weighted by Gasteiger charge is -2.30. The zero-order chi connectivity index (χ0) is 14.9. The molecule has 1 nitrogen and oxygen atoms in total. The maximum atomic E-state index is 11.1. The highest BCUT2D eigenvalue weighted by Gasteiger charge is 2.33. The molecule has 2 aliphatic rings. The van der Waals surface area contributed by atoms with Gasteiger partial charge in [-0.05, 0) is 67.4 Å². The molecule has 1 aromatic carbocycles. The third-order valence-corrected chi connectivity index (χ3v) is 6.06. The Morgan fingerprint density at radius 3 is 2.24 bits per heavy atom. The molecule has 1 N–H and O–H groups in total. The maximum Gasteiger partial charge on any atom is 0.0896 e. The van der Waals surface area contributed by atoms with Gasteiger partial charge in [0.1, 0.15) is 0 Å². The van der Waals surface area contributed by atoms with E-state index in [1.807, 2.05) is 0 Å². The minimum Gasteiger partial charge on any atom is -0.385 e. The first kappa shape index (κ1) is 15.1. The zero-order valence-electron chi connectivity index (χ0n) is 13.6. The van der Waals surface area contributed by atoms with Gasteiger partial charge in [-0.2, -0.15) is 0 Å². The maximum absolute atomic E-state index is 11.1. The summed E-state index contributed by atoms with van der Waals surface area (Å²) in [5.41, 5.74) is 2.04. The molecule has 0 amide bonds. The van der Waals surface area contributed by atoms with Crippen LogP contribution in [0.1, 0.15) is 82.3 Å². The minimum atomic E-state index is -0.582. The highest BCUT2D eigenvalue weighted by Crippen LogP contribution is 2.41. The first-order valence-electron chi connectivity index (χ1n) is 8.91. The van der Waals surface area contributed by atoms with Crippen LogP contribution in [0.4, 0.5) is 0 Å². The van der Waals surface area contributed by atoms with Crippen LogP contribution in [0.2, 0.25) is 0 Å². The number of hydrogen-bond donors (Lipinski definition) is 1. The molecule has 1 heteroatoms. The fraction of sp³-hybridized carbons (Fsp3) is 0.700. The van der Waals surface area contributed by atoms with Gasteiger partial charge in [-0.25, -0.2) is 0 Å². The topological polar surface area (TPSA) is 20.2 Å². The summed E-state index contributed by atoms with van der Waals surface area (Å²) in [4.78, 5) is 0. The number of aliphatic hydroxyl groups is 1. The lowest BCUT2D eigenvalue weighted by molar-refractivity contribution is 0.0191. The largest absolute Gasteiger partial charge is 0.385 e. The van der Waals surface area contributed by atoms with E-state index in [-0.39, 0.29) is 0 Å². The van der Waals surface area contributed by atoms with Crippen molar-refractivity contribution in [2.75, 3.05) is 0 Å². The van der Waals surface area contributed by atoms with E-state index >= 15 is 0 Å². The van der Waals surface area contributed by atoms with Crippen LogP contribution in [-0.4, -0.2) is 5.11 Å². The molecule has 116 valence electrons. The average molecular weight is 286 g/mol. The van der Waals surface area contributed by atoms with E-state index < -0.39 is 5.60 Å². The SMILES string of the molecule is CC(C)C1CCCC(O)(c2ccc(C3CCC3)cc2)CC1. The van der Waals surface area contributed by atoms with Crippen LogP contribution in [0.5, 0.6) is 0 Å². The van der Waals surface area contributed by atoms with Crippen molar-refractivity contribution in [1.82, 2.24) is 0 Å². The monoisotopic (exact) mass is 286 g/mol. The molecular weight excluding hydrogens is 256 g/mol. The van der Waals surface area contributed by atoms with Crippen molar-refractivity contribution in [2.24, 2.45) is 11.8 Å². The molecule has 0 bridgehead atoms. The standard InChI is InChI=1S/C20H30O/c1-15(2)16-7-4-13-20(21,14-12-16)19-10-8-18(9-11-19)17-5-3-6-17/h8-11,15-17,21H,3-7,12-14H2,1-2H3. The highest BCUT2D eigenvalue weighted by molar-refractivity contribution is 5.30. The van der Waals surface area contributed by atoms with Crippen molar-refractivity contribution in [1.29, 1.82) is 0 Å². The van der Waals surface area contributed by atoms with Gasteiger partial charge in [0, 0.05) is 0 Å².